The van der Waals surface area contributed by atoms with Crippen molar-refractivity contribution in [2.24, 2.45) is 10.9 Å². The van der Waals surface area contributed by atoms with E-state index in [0.717, 1.165) is 23.2 Å². The number of carbonyl (C=O) groups excluding carboxylic acids is 2. The van der Waals surface area contributed by atoms with E-state index >= 15 is 0 Å². The van der Waals surface area contributed by atoms with Crippen molar-refractivity contribution >= 4 is 52.2 Å². The van der Waals surface area contributed by atoms with Crippen LogP contribution in [0, 0.1) is 11.7 Å². The first kappa shape index (κ1) is 22.1. The second kappa shape index (κ2) is 7.95. The average molecular weight is 478 g/mol. The summed E-state index contributed by atoms with van der Waals surface area (Å²) in [6, 6.07) is 10.4. The van der Waals surface area contributed by atoms with Crippen molar-refractivity contribution in [1.29, 1.82) is 0 Å². The van der Waals surface area contributed by atoms with Gasteiger partial charge in [0.05, 0.1) is 28.8 Å². The maximum Gasteiger partial charge on any atom is 0.261 e. The topological polar surface area (TPSA) is 74.9 Å². The second-order valence-electron chi connectivity index (χ2n) is 8.84. The van der Waals surface area contributed by atoms with Crippen molar-refractivity contribution in [2.45, 2.75) is 26.3 Å². The van der Waals surface area contributed by atoms with Crippen LogP contribution in [0.25, 0.3) is 16.5 Å². The molecule has 2 aromatic carbocycles. The molecule has 1 atom stereocenters. The van der Waals surface area contributed by atoms with Crippen molar-refractivity contribution < 1.29 is 18.4 Å². The highest BCUT2D eigenvalue weighted by molar-refractivity contribution is 6.48. The third-order valence-corrected chi connectivity index (χ3v) is 6.57. The molecule has 1 aromatic heterocycles. The number of nitrogens with zero attached hydrogens (tertiary/aromatic N) is 2. The molecule has 6 rings (SSSR count). The van der Waals surface area contributed by atoms with Crippen molar-refractivity contribution in [3.63, 3.8) is 0 Å². The molecule has 0 fully saturated rings. The van der Waals surface area contributed by atoms with E-state index < -0.39 is 17.6 Å². The molecule has 4 heterocycles. The molecule has 3 aromatic rings. The number of fused-ring (bicyclic) bond motifs is 1. The number of furan rings is 1. The number of benzene rings is 2. The van der Waals surface area contributed by atoms with Crippen LogP contribution in [0.2, 0.25) is 0 Å². The first-order chi connectivity index (χ1) is 15.9. The number of aliphatic imine (C=N–C) groups is 1. The number of hydrogen-bond donors (Lipinski definition) is 1. The lowest BCUT2D eigenvalue weighted by molar-refractivity contribution is -0.123. The second-order valence-corrected chi connectivity index (χ2v) is 8.84. The van der Waals surface area contributed by atoms with Gasteiger partial charge in [-0.25, -0.2) is 4.39 Å². The third kappa shape index (κ3) is 3.11. The van der Waals surface area contributed by atoms with Crippen LogP contribution in [0.4, 0.5) is 10.1 Å². The predicted molar refractivity (Wildman–Crippen MR) is 130 cm³/mol. The molecule has 1 N–H and O–H groups in total. The fraction of sp³-hybridized carbons (Fsp3) is 0.192. The van der Waals surface area contributed by atoms with Crippen molar-refractivity contribution in [2.75, 3.05) is 4.90 Å². The highest BCUT2D eigenvalue weighted by Crippen LogP contribution is 2.42. The lowest BCUT2D eigenvalue weighted by Gasteiger charge is -2.27. The molecule has 1 unspecified atom stereocenters. The van der Waals surface area contributed by atoms with Gasteiger partial charge in [-0.05, 0) is 36.1 Å². The van der Waals surface area contributed by atoms with E-state index in [0.29, 0.717) is 22.6 Å². The fourth-order valence-corrected chi connectivity index (χ4v) is 5.10. The van der Waals surface area contributed by atoms with Crippen LogP contribution in [0.15, 0.2) is 70.0 Å². The SMILES string of the molecule is CC(C)C1Cc2cccc3c2N1C=CN=C3C1=C(c2cc(F)cc3ccoc23)C(=O)NC1=O.Cl. The summed E-state index contributed by atoms with van der Waals surface area (Å²) < 4.78 is 20.0. The van der Waals surface area contributed by atoms with Gasteiger partial charge in [0, 0.05) is 35.0 Å². The zero-order chi connectivity index (χ0) is 22.9. The molecule has 6 nitrogen and oxygen atoms in total. The number of nitrogens with one attached hydrogen (secondary N) is 1. The van der Waals surface area contributed by atoms with Crippen LogP contribution in [0.1, 0.15) is 30.5 Å². The van der Waals surface area contributed by atoms with Gasteiger partial charge in [-0.3, -0.25) is 19.9 Å². The molecule has 3 aliphatic heterocycles. The minimum atomic E-state index is -0.598. The number of hydrogen-bond acceptors (Lipinski definition) is 5. The van der Waals surface area contributed by atoms with Gasteiger partial charge in [0.25, 0.3) is 11.8 Å². The number of anilines is 1. The van der Waals surface area contributed by atoms with Crippen LogP contribution in [0.5, 0.6) is 0 Å². The highest BCUT2D eigenvalue weighted by atomic mass is 35.5. The van der Waals surface area contributed by atoms with Crippen LogP contribution in [-0.4, -0.2) is 23.6 Å². The lowest BCUT2D eigenvalue weighted by atomic mass is 9.92. The number of para-hydroxylation sites is 1. The Balaban J connectivity index is 0.00000241. The van der Waals surface area contributed by atoms with E-state index in [2.05, 4.69) is 35.1 Å². The maximum atomic E-state index is 14.4. The molecule has 2 amide bonds. The Labute approximate surface area is 201 Å². The number of halogens is 2. The zero-order valence-corrected chi connectivity index (χ0v) is 19.3. The van der Waals surface area contributed by atoms with Gasteiger partial charge < -0.3 is 9.32 Å². The summed E-state index contributed by atoms with van der Waals surface area (Å²) in [5.74, 6) is -1.27. The summed E-state index contributed by atoms with van der Waals surface area (Å²) in [6.45, 7) is 4.36. The summed E-state index contributed by atoms with van der Waals surface area (Å²) in [4.78, 5) is 32.8. The van der Waals surface area contributed by atoms with Gasteiger partial charge >= 0.3 is 0 Å². The molecule has 0 spiro atoms. The number of carbonyl (C=O) groups is 2. The summed E-state index contributed by atoms with van der Waals surface area (Å²) in [6.07, 6.45) is 5.90. The van der Waals surface area contributed by atoms with E-state index in [1.165, 1.54) is 18.4 Å². The summed E-state index contributed by atoms with van der Waals surface area (Å²) >= 11 is 0. The van der Waals surface area contributed by atoms with Crippen molar-refractivity contribution in [3.8, 4) is 0 Å². The molecule has 8 heteroatoms. The van der Waals surface area contributed by atoms with E-state index in [-0.39, 0.29) is 35.2 Å². The van der Waals surface area contributed by atoms with E-state index in [4.69, 9.17) is 4.42 Å². The zero-order valence-electron chi connectivity index (χ0n) is 18.5. The van der Waals surface area contributed by atoms with Crippen molar-refractivity contribution in [3.05, 3.63) is 83.1 Å². The number of imide groups is 1. The largest absolute Gasteiger partial charge is 0.464 e. The molecule has 0 aliphatic carbocycles. The van der Waals surface area contributed by atoms with Crippen LogP contribution < -0.4 is 10.2 Å². The molecule has 0 saturated heterocycles. The van der Waals surface area contributed by atoms with Gasteiger partial charge in [0.1, 0.15) is 11.4 Å². The van der Waals surface area contributed by atoms with Gasteiger partial charge in [0.2, 0.25) is 0 Å². The maximum absolute atomic E-state index is 14.4. The summed E-state index contributed by atoms with van der Waals surface area (Å²) in [5.41, 5.74) is 4.07. The van der Waals surface area contributed by atoms with Crippen LogP contribution >= 0.6 is 12.4 Å². The molecule has 0 bridgehead atoms. The average Bonchev–Trinajstić information content (AvgIpc) is 3.42. The molecule has 0 saturated carbocycles. The van der Waals surface area contributed by atoms with Gasteiger partial charge in [-0.2, -0.15) is 0 Å². The minimum Gasteiger partial charge on any atom is -0.464 e. The Kier molecular flexibility index (Phi) is 5.17. The number of rotatable bonds is 3. The Morgan fingerprint density at radius 1 is 1.12 bits per heavy atom. The third-order valence-electron chi connectivity index (χ3n) is 6.57. The normalized spacial score (nSPS) is 18.9. The Hall–Kier alpha value is -3.71. The van der Waals surface area contributed by atoms with Crippen molar-refractivity contribution in [1.82, 2.24) is 5.32 Å². The Morgan fingerprint density at radius 3 is 2.71 bits per heavy atom. The Bertz CT molecular complexity index is 1470. The van der Waals surface area contributed by atoms with Crippen LogP contribution in [-0.2, 0) is 16.0 Å². The first-order valence-electron chi connectivity index (χ1n) is 10.9. The first-order valence-corrected chi connectivity index (χ1v) is 10.9. The molecule has 0 radical (unpaired) electrons. The predicted octanol–water partition coefficient (Wildman–Crippen LogP) is 4.76. The van der Waals surface area contributed by atoms with Crippen LogP contribution in [0.3, 0.4) is 0 Å². The lowest BCUT2D eigenvalue weighted by Crippen LogP contribution is -2.32. The molecule has 3 aliphatic rings. The fourth-order valence-electron chi connectivity index (χ4n) is 5.10. The Morgan fingerprint density at radius 2 is 1.91 bits per heavy atom. The molecular weight excluding hydrogens is 457 g/mol. The molecule has 172 valence electrons. The molecule has 34 heavy (non-hydrogen) atoms. The quantitative estimate of drug-likeness (QED) is 0.552. The minimum absolute atomic E-state index is 0. The van der Waals surface area contributed by atoms with E-state index in [1.807, 2.05) is 18.3 Å². The summed E-state index contributed by atoms with van der Waals surface area (Å²) in [7, 11) is 0. The van der Waals surface area contributed by atoms with E-state index in [1.54, 1.807) is 12.3 Å². The van der Waals surface area contributed by atoms with Gasteiger partial charge in [-0.1, -0.05) is 32.0 Å². The monoisotopic (exact) mass is 477 g/mol. The smallest absolute Gasteiger partial charge is 0.261 e. The van der Waals surface area contributed by atoms with Gasteiger partial charge in [-0.15, -0.1) is 12.4 Å². The summed E-state index contributed by atoms with van der Waals surface area (Å²) in [5, 5.41) is 2.89. The molecular formula is C26H21ClFN3O3. The number of amides is 2. The van der Waals surface area contributed by atoms with Gasteiger partial charge in [0.15, 0.2) is 0 Å². The van der Waals surface area contributed by atoms with E-state index in [9.17, 15) is 14.0 Å². The standard InChI is InChI=1S/C26H20FN3O3.ClH/c1-13(2)19-11-14-4-3-5-17-22(28-7-8-30(19)23(14)17)21-20(25(31)29-26(21)32)18-12-16(27)10-15-6-9-33-24(15)18;/h3-10,12-13,19H,11H2,1-2H3,(H,29,31,32);1H. The highest BCUT2D eigenvalue weighted by Gasteiger charge is 2.40.